The van der Waals surface area contributed by atoms with E-state index >= 15 is 0 Å². The molecule has 0 fully saturated rings. The second-order valence-corrected chi connectivity index (χ2v) is 6.78. The molecule has 0 aliphatic rings. The van der Waals surface area contributed by atoms with Crippen LogP contribution in [-0.2, 0) is 16.6 Å². The van der Waals surface area contributed by atoms with Crippen molar-refractivity contribution in [2.45, 2.75) is 11.5 Å². The van der Waals surface area contributed by atoms with Gasteiger partial charge in [0.05, 0.1) is 24.3 Å². The van der Waals surface area contributed by atoms with E-state index in [9.17, 15) is 13.5 Å². The monoisotopic (exact) mass is 371 g/mol. The van der Waals surface area contributed by atoms with Crippen molar-refractivity contribution >= 4 is 31.6 Å². The summed E-state index contributed by atoms with van der Waals surface area (Å²) >= 11 is 3.29. The Morgan fingerprint density at radius 3 is 2.62 bits per heavy atom. The van der Waals surface area contributed by atoms with E-state index in [1.165, 1.54) is 13.2 Å². The molecule has 0 aromatic heterocycles. The van der Waals surface area contributed by atoms with Crippen LogP contribution in [0.1, 0.15) is 5.56 Å². The second kappa shape index (κ2) is 6.46. The number of halogens is 1. The third-order valence-corrected chi connectivity index (χ3v) is 4.80. The summed E-state index contributed by atoms with van der Waals surface area (Å²) in [5.41, 5.74) is 0.651. The molecule has 2 aromatic rings. The molecule has 0 bridgehead atoms. The molecule has 2 N–H and O–H groups in total. The number of rotatable bonds is 5. The van der Waals surface area contributed by atoms with Gasteiger partial charge in [0.1, 0.15) is 5.75 Å². The molecule has 2 aromatic carbocycles. The van der Waals surface area contributed by atoms with Gasteiger partial charge < -0.3 is 9.84 Å². The molecule has 0 saturated heterocycles. The summed E-state index contributed by atoms with van der Waals surface area (Å²) < 4.78 is 33.3. The first-order chi connectivity index (χ1) is 9.97. The first-order valence-electron chi connectivity index (χ1n) is 6.03. The Balaban J connectivity index is 2.45. The molecule has 0 unspecified atom stereocenters. The molecule has 5 nitrogen and oxygen atoms in total. The Bertz CT molecular complexity index is 746. The Hall–Kier alpha value is -1.57. The van der Waals surface area contributed by atoms with Gasteiger partial charge in [-0.1, -0.05) is 34.1 Å². The van der Waals surface area contributed by atoms with Crippen molar-refractivity contribution in [3.05, 3.63) is 52.5 Å². The molecule has 0 atom stereocenters. The Morgan fingerprint density at radius 1 is 1.24 bits per heavy atom. The number of methoxy groups -OCH3 is 1. The number of aliphatic hydroxyl groups is 1. The lowest BCUT2D eigenvalue weighted by Crippen LogP contribution is -2.15. The van der Waals surface area contributed by atoms with E-state index in [0.717, 1.165) is 4.47 Å². The summed E-state index contributed by atoms with van der Waals surface area (Å²) in [4.78, 5) is 0.0366. The summed E-state index contributed by atoms with van der Waals surface area (Å²) in [6, 6.07) is 11.3. The molecular weight excluding hydrogens is 358 g/mol. The summed E-state index contributed by atoms with van der Waals surface area (Å²) in [5, 5.41) is 9.27. The van der Waals surface area contributed by atoms with E-state index in [-0.39, 0.29) is 11.5 Å². The van der Waals surface area contributed by atoms with Crippen LogP contribution in [0.4, 0.5) is 5.69 Å². The number of ether oxygens (including phenoxy) is 1. The van der Waals surface area contributed by atoms with Gasteiger partial charge in [0.15, 0.2) is 0 Å². The van der Waals surface area contributed by atoms with Crippen LogP contribution in [0.15, 0.2) is 51.8 Å². The third-order valence-electron chi connectivity index (χ3n) is 2.84. The van der Waals surface area contributed by atoms with Crippen LogP contribution >= 0.6 is 15.9 Å². The lowest BCUT2D eigenvalue weighted by atomic mass is 10.2. The van der Waals surface area contributed by atoms with Crippen molar-refractivity contribution < 1.29 is 18.3 Å². The zero-order valence-electron chi connectivity index (χ0n) is 11.2. The fraction of sp³-hybridized carbons (Fsp3) is 0.143. The van der Waals surface area contributed by atoms with Gasteiger partial charge in [-0.05, 0) is 29.8 Å². The molecule has 0 spiro atoms. The standard InChI is InChI=1S/C14H14BrNO4S/c1-20-13-7-6-11(15)8-12(13)16-21(18,19)14-5-3-2-4-10(14)9-17/h2-8,16-17H,9H2,1H3. The highest BCUT2D eigenvalue weighted by molar-refractivity contribution is 9.10. The molecular formula is C14H14BrNO4S. The van der Waals surface area contributed by atoms with Crippen LogP contribution in [-0.4, -0.2) is 20.6 Å². The maximum Gasteiger partial charge on any atom is 0.262 e. The van der Waals surface area contributed by atoms with Gasteiger partial charge in [0, 0.05) is 4.47 Å². The van der Waals surface area contributed by atoms with Gasteiger partial charge in [0.25, 0.3) is 10.0 Å². The molecule has 21 heavy (non-hydrogen) atoms. The van der Waals surface area contributed by atoms with Crippen molar-refractivity contribution in [1.29, 1.82) is 0 Å². The first kappa shape index (κ1) is 15.8. The lowest BCUT2D eigenvalue weighted by Gasteiger charge is -2.14. The van der Waals surface area contributed by atoms with Crippen molar-refractivity contribution in [2.75, 3.05) is 11.8 Å². The number of anilines is 1. The highest BCUT2D eigenvalue weighted by Gasteiger charge is 2.19. The first-order valence-corrected chi connectivity index (χ1v) is 8.30. The highest BCUT2D eigenvalue weighted by Crippen LogP contribution is 2.30. The lowest BCUT2D eigenvalue weighted by molar-refractivity contribution is 0.278. The van der Waals surface area contributed by atoms with Crippen LogP contribution in [0.2, 0.25) is 0 Å². The van der Waals surface area contributed by atoms with E-state index in [1.807, 2.05) is 0 Å². The molecule has 0 saturated carbocycles. The molecule has 0 radical (unpaired) electrons. The number of hydrogen-bond acceptors (Lipinski definition) is 4. The highest BCUT2D eigenvalue weighted by atomic mass is 79.9. The quantitative estimate of drug-likeness (QED) is 0.846. The van der Waals surface area contributed by atoms with E-state index in [4.69, 9.17) is 4.74 Å². The Kier molecular flexibility index (Phi) is 4.87. The second-order valence-electron chi connectivity index (χ2n) is 4.22. The van der Waals surface area contributed by atoms with Crippen LogP contribution in [0.25, 0.3) is 0 Å². The van der Waals surface area contributed by atoms with Gasteiger partial charge in [-0.15, -0.1) is 0 Å². The molecule has 2 rings (SSSR count). The number of hydrogen-bond donors (Lipinski definition) is 2. The van der Waals surface area contributed by atoms with Crippen molar-refractivity contribution in [1.82, 2.24) is 0 Å². The molecule has 7 heteroatoms. The SMILES string of the molecule is COc1ccc(Br)cc1NS(=O)(=O)c1ccccc1CO. The Morgan fingerprint density at radius 2 is 1.95 bits per heavy atom. The van der Waals surface area contributed by atoms with E-state index in [1.54, 1.807) is 36.4 Å². The fourth-order valence-corrected chi connectivity index (χ4v) is 3.51. The average Bonchev–Trinajstić information content (AvgIpc) is 2.47. The predicted molar refractivity (Wildman–Crippen MR) is 83.9 cm³/mol. The van der Waals surface area contributed by atoms with Crippen LogP contribution in [0.3, 0.4) is 0 Å². The normalized spacial score (nSPS) is 11.2. The molecule has 0 amide bonds. The zero-order valence-corrected chi connectivity index (χ0v) is 13.6. The summed E-state index contributed by atoms with van der Waals surface area (Å²) in [6.07, 6.45) is 0. The summed E-state index contributed by atoms with van der Waals surface area (Å²) in [6.45, 7) is -0.354. The van der Waals surface area contributed by atoms with Gasteiger partial charge >= 0.3 is 0 Å². The molecule has 0 heterocycles. The fourth-order valence-electron chi connectivity index (χ4n) is 1.86. The number of nitrogens with one attached hydrogen (secondary N) is 1. The van der Waals surface area contributed by atoms with E-state index < -0.39 is 10.0 Å². The topological polar surface area (TPSA) is 75.6 Å². The average molecular weight is 372 g/mol. The number of benzene rings is 2. The summed E-state index contributed by atoms with van der Waals surface area (Å²) in [5.74, 6) is 0.406. The van der Waals surface area contributed by atoms with Gasteiger partial charge in [-0.3, -0.25) is 4.72 Å². The zero-order chi connectivity index (χ0) is 15.5. The van der Waals surface area contributed by atoms with Crippen LogP contribution in [0.5, 0.6) is 5.75 Å². The molecule has 0 aliphatic heterocycles. The molecule has 0 aliphatic carbocycles. The predicted octanol–water partition coefficient (Wildman–Crippen LogP) is 2.75. The van der Waals surface area contributed by atoms with Gasteiger partial charge in [-0.25, -0.2) is 8.42 Å². The number of sulfonamides is 1. The van der Waals surface area contributed by atoms with Crippen LogP contribution < -0.4 is 9.46 Å². The summed E-state index contributed by atoms with van der Waals surface area (Å²) in [7, 11) is -2.36. The maximum absolute atomic E-state index is 12.5. The molecule has 112 valence electrons. The van der Waals surface area contributed by atoms with Crippen molar-refractivity contribution in [3.8, 4) is 5.75 Å². The third kappa shape index (κ3) is 3.55. The van der Waals surface area contributed by atoms with E-state index in [2.05, 4.69) is 20.7 Å². The van der Waals surface area contributed by atoms with Crippen molar-refractivity contribution in [3.63, 3.8) is 0 Å². The minimum absolute atomic E-state index is 0.0366. The Labute approximate surface area is 131 Å². The number of aliphatic hydroxyl groups excluding tert-OH is 1. The smallest absolute Gasteiger partial charge is 0.262 e. The largest absolute Gasteiger partial charge is 0.495 e. The van der Waals surface area contributed by atoms with Gasteiger partial charge in [-0.2, -0.15) is 0 Å². The van der Waals surface area contributed by atoms with Gasteiger partial charge in [0.2, 0.25) is 0 Å². The maximum atomic E-state index is 12.5. The minimum Gasteiger partial charge on any atom is -0.495 e. The van der Waals surface area contributed by atoms with E-state index in [0.29, 0.717) is 17.0 Å². The van der Waals surface area contributed by atoms with Crippen molar-refractivity contribution in [2.24, 2.45) is 0 Å². The van der Waals surface area contributed by atoms with Crippen LogP contribution in [0, 0.1) is 0 Å². The minimum atomic E-state index is -3.82.